The Morgan fingerprint density at radius 1 is 0.820 bits per heavy atom. The second-order valence-corrected chi connectivity index (χ2v) is 26.7. The number of aliphatic hydroxyl groups excluding tert-OH is 1. The summed E-state index contributed by atoms with van der Waals surface area (Å²) in [6.45, 7) is 16.6. The lowest BCUT2D eigenvalue weighted by Gasteiger charge is -2.36. The highest BCUT2D eigenvalue weighted by molar-refractivity contribution is 7.22. The number of β-amino-alcohol motifs (C(OH)–C–C–N with tert-alkyl or cyclic N) is 1. The number of pyridine rings is 1. The Morgan fingerprint density at radius 3 is 2.24 bits per heavy atom. The number of rotatable bonds is 17. The first kappa shape index (κ1) is 63.5. The largest absolute Gasteiger partial charge is 0.457 e. The summed E-state index contributed by atoms with van der Waals surface area (Å²) < 4.78 is 57.9. The number of esters is 1. The van der Waals surface area contributed by atoms with Crippen molar-refractivity contribution in [2.45, 2.75) is 131 Å². The Kier molecular flexibility index (Phi) is 18.5. The smallest absolute Gasteiger partial charge is 0.392 e. The molecular formula is C68H71F3N8O8S2. The quantitative estimate of drug-likeness (QED) is 0.0629. The summed E-state index contributed by atoms with van der Waals surface area (Å²) in [7, 11) is 0. The molecule has 2 aliphatic heterocycles. The topological polar surface area (TPSA) is 205 Å². The molecule has 8 aromatic rings. The van der Waals surface area contributed by atoms with Crippen molar-refractivity contribution in [1.29, 1.82) is 0 Å². The number of aromatic nitrogens is 3. The number of nitrogens with one attached hydrogen (secondary N) is 3. The van der Waals surface area contributed by atoms with E-state index >= 15 is 0 Å². The first-order valence-corrected chi connectivity index (χ1v) is 31.2. The second-order valence-electron chi connectivity index (χ2n) is 24.8. The van der Waals surface area contributed by atoms with Crippen LogP contribution in [-0.2, 0) is 38.5 Å². The maximum Gasteiger partial charge on any atom is 0.392 e. The summed E-state index contributed by atoms with van der Waals surface area (Å²) in [5.41, 5.74) is 7.85. The molecule has 0 saturated carbocycles. The second kappa shape index (κ2) is 25.9. The number of amides is 4. The van der Waals surface area contributed by atoms with E-state index in [0.717, 1.165) is 43.0 Å². The Bertz CT molecular complexity index is 3920. The number of aryl methyl sites for hydroxylation is 1. The minimum Gasteiger partial charge on any atom is -0.457 e. The van der Waals surface area contributed by atoms with E-state index in [-0.39, 0.29) is 30.1 Å². The molecule has 1 saturated heterocycles. The number of hydrogen-bond acceptors (Lipinski definition) is 14. The van der Waals surface area contributed by atoms with Crippen molar-refractivity contribution in [2.75, 3.05) is 23.3 Å². The molecule has 16 nitrogen and oxygen atoms in total. The third-order valence-corrected chi connectivity index (χ3v) is 17.9. The number of benzene rings is 5. The van der Waals surface area contributed by atoms with Gasteiger partial charge in [0.1, 0.15) is 35.0 Å². The predicted molar refractivity (Wildman–Crippen MR) is 339 cm³/mol. The monoisotopic (exact) mass is 1250 g/mol. The van der Waals surface area contributed by atoms with Gasteiger partial charge < -0.3 is 35.0 Å². The zero-order chi connectivity index (χ0) is 63.7. The average Bonchev–Trinajstić information content (AvgIpc) is 2.90. The maximum atomic E-state index is 14.9. The number of halogens is 3. The number of nitrogens with zero attached hydrogens (tertiary/aromatic N) is 5. The van der Waals surface area contributed by atoms with Gasteiger partial charge in [-0.2, -0.15) is 13.2 Å². The van der Waals surface area contributed by atoms with Gasteiger partial charge >= 0.3 is 12.1 Å². The van der Waals surface area contributed by atoms with Crippen LogP contribution in [0.2, 0.25) is 0 Å². The first-order valence-electron chi connectivity index (χ1n) is 29.5. The van der Waals surface area contributed by atoms with Crippen molar-refractivity contribution < 1.29 is 51.7 Å². The van der Waals surface area contributed by atoms with Gasteiger partial charge in [-0.15, -0.1) is 11.3 Å². The van der Waals surface area contributed by atoms with E-state index in [2.05, 4.69) is 25.9 Å². The fraction of sp³-hybridized carbons (Fsp3) is 0.353. The number of para-hydroxylation sites is 1. The SMILES string of the molecule is Cc1ncsc1-c1ccc([C@H](C)NC(=O)[C@@H]2C[C@@H](O)CN2C(=O)C(NC(=O)CC(Cc2ccc(Oc3cccc(-c4ccc(N5CCc6cccc(C(=O)Nc7nc8ccccc8s7)c6C5)nc4C(=O)OC(C)(C)C)c3C)cc2)C(F)(F)F)C(C)(C)C)cc1. The fourth-order valence-electron chi connectivity index (χ4n) is 11.3. The molecule has 4 amide bonds. The number of hydrogen-bond donors (Lipinski definition) is 4. The van der Waals surface area contributed by atoms with Crippen LogP contribution in [0.5, 0.6) is 11.5 Å². The molecule has 4 N–H and O–H groups in total. The minimum absolute atomic E-state index is 0.0646. The highest BCUT2D eigenvalue weighted by Crippen LogP contribution is 2.39. The number of fused-ring (bicyclic) bond motifs is 2. The molecule has 2 unspecified atom stereocenters. The number of carbonyl (C=O) groups is 5. The van der Waals surface area contributed by atoms with E-state index in [1.54, 1.807) is 72.2 Å². The Hall–Kier alpha value is -8.53. The van der Waals surface area contributed by atoms with Crippen molar-refractivity contribution in [2.24, 2.45) is 11.3 Å². The van der Waals surface area contributed by atoms with E-state index in [4.69, 9.17) is 14.5 Å². The predicted octanol–water partition coefficient (Wildman–Crippen LogP) is 13.1. The molecule has 1 fully saturated rings. The van der Waals surface area contributed by atoms with Gasteiger partial charge in [-0.05, 0) is 147 Å². The van der Waals surface area contributed by atoms with Crippen LogP contribution >= 0.6 is 22.7 Å². The molecule has 0 bridgehead atoms. The van der Waals surface area contributed by atoms with E-state index < -0.39 is 83.9 Å². The van der Waals surface area contributed by atoms with Crippen LogP contribution < -0.4 is 25.6 Å². The van der Waals surface area contributed by atoms with Gasteiger partial charge in [0, 0.05) is 43.6 Å². The number of aliphatic hydroxyl groups is 1. The molecule has 0 radical (unpaired) electrons. The molecule has 0 spiro atoms. The zero-order valence-corrected chi connectivity index (χ0v) is 52.6. The summed E-state index contributed by atoms with van der Waals surface area (Å²) in [4.78, 5) is 88.1. The highest BCUT2D eigenvalue weighted by atomic mass is 32.1. The molecule has 21 heteroatoms. The van der Waals surface area contributed by atoms with E-state index in [1.807, 2.05) is 97.6 Å². The number of ether oxygens (including phenoxy) is 2. The molecule has 5 heterocycles. The average molecular weight is 1250 g/mol. The molecule has 5 aromatic carbocycles. The molecule has 2 aliphatic rings. The lowest BCUT2D eigenvalue weighted by Crippen LogP contribution is -2.58. The van der Waals surface area contributed by atoms with Crippen LogP contribution in [0.4, 0.5) is 24.1 Å². The summed E-state index contributed by atoms with van der Waals surface area (Å²) in [5.74, 6) is -4.06. The van der Waals surface area contributed by atoms with E-state index in [9.17, 15) is 42.3 Å². The van der Waals surface area contributed by atoms with Gasteiger partial charge in [0.2, 0.25) is 17.7 Å². The summed E-state index contributed by atoms with van der Waals surface area (Å²) in [5, 5.41) is 19.8. The number of carbonyl (C=O) groups excluding carboxylic acids is 5. The van der Waals surface area contributed by atoms with E-state index in [0.29, 0.717) is 64.2 Å². The van der Waals surface area contributed by atoms with Crippen LogP contribution in [0.15, 0.2) is 127 Å². The standard InChI is InChI=1S/C68H71F3N8O8S2/c1-38-48(49-28-29-56(75-58(49)64(85)87-67(7,8)9)78-31-30-43-14-12-16-50(51(43)36-78)61(82)77-65-74-52-17-10-11-19-55(52)89-65)15-13-18-54(38)86-47-26-20-41(21-27-47)32-45(68(69,70)71)33-57(81)76-60(66(4,5)6)63(84)79-35-46(80)34-53(79)62(83)73-39(2)42-22-24-44(25-23-42)59-40(3)72-37-88-59/h10-29,37,39,45-46,53,60,80H,30-36H2,1-9H3,(H,73,83)(H,76,81)(H,74,77,82)/t39-,45?,46+,53-,60?/m0/s1. The van der Waals surface area contributed by atoms with Gasteiger partial charge in [0.05, 0.1) is 44.4 Å². The molecule has 3 aromatic heterocycles. The van der Waals surface area contributed by atoms with Gasteiger partial charge in [-0.25, -0.2) is 19.7 Å². The third-order valence-electron chi connectivity index (χ3n) is 16.0. The minimum atomic E-state index is -4.81. The maximum absolute atomic E-state index is 14.9. The number of anilines is 2. The number of alkyl halides is 3. The number of likely N-dealkylation sites (tertiary alicyclic amines) is 1. The molecule has 464 valence electrons. The Labute approximate surface area is 522 Å². The van der Waals surface area contributed by atoms with Crippen LogP contribution in [0, 0.1) is 25.2 Å². The van der Waals surface area contributed by atoms with Crippen LogP contribution in [-0.4, -0.2) is 97.6 Å². The summed E-state index contributed by atoms with van der Waals surface area (Å²) in [6.07, 6.45) is -6.85. The van der Waals surface area contributed by atoms with Crippen molar-refractivity contribution >= 4 is 73.4 Å². The van der Waals surface area contributed by atoms with Gasteiger partial charge in [0.15, 0.2) is 10.8 Å². The first-order chi connectivity index (χ1) is 42.2. The summed E-state index contributed by atoms with van der Waals surface area (Å²) in [6, 6.07) is 33.2. The van der Waals surface area contributed by atoms with Gasteiger partial charge in [0.25, 0.3) is 5.91 Å². The van der Waals surface area contributed by atoms with Crippen molar-refractivity contribution in [3.8, 4) is 33.1 Å². The van der Waals surface area contributed by atoms with Crippen molar-refractivity contribution in [3.63, 3.8) is 0 Å². The lowest BCUT2D eigenvalue weighted by molar-refractivity contribution is -0.179. The molecule has 5 atom stereocenters. The van der Waals surface area contributed by atoms with Crippen molar-refractivity contribution in [3.05, 3.63) is 172 Å². The molecule has 10 rings (SSSR count). The van der Waals surface area contributed by atoms with Gasteiger partial charge in [-0.1, -0.05) is 105 Å². The van der Waals surface area contributed by atoms with Crippen molar-refractivity contribution in [1.82, 2.24) is 30.5 Å². The van der Waals surface area contributed by atoms with Crippen LogP contribution in [0.1, 0.15) is 122 Å². The fourth-order valence-corrected chi connectivity index (χ4v) is 13.0. The summed E-state index contributed by atoms with van der Waals surface area (Å²) >= 11 is 2.92. The van der Waals surface area contributed by atoms with E-state index in [1.165, 1.54) is 51.8 Å². The van der Waals surface area contributed by atoms with Gasteiger partial charge in [-0.3, -0.25) is 24.5 Å². The van der Waals surface area contributed by atoms with Crippen LogP contribution in [0.25, 0.3) is 31.8 Å². The third kappa shape index (κ3) is 14.8. The molecule has 0 aliphatic carbocycles. The molecular weight excluding hydrogens is 1180 g/mol. The zero-order valence-electron chi connectivity index (χ0n) is 51.0. The molecule has 89 heavy (non-hydrogen) atoms. The Balaban J connectivity index is 0.801. The normalized spacial score (nSPS) is 16.3. The number of thiazole rings is 2. The highest BCUT2D eigenvalue weighted by Gasteiger charge is 2.46. The van der Waals surface area contributed by atoms with Crippen LogP contribution in [0.3, 0.4) is 0 Å². The lowest BCUT2D eigenvalue weighted by atomic mass is 9.85. The Morgan fingerprint density at radius 2 is 1.55 bits per heavy atom.